The molecule has 0 saturated heterocycles. The molecule has 2 rings (SSSR count). The summed E-state index contributed by atoms with van der Waals surface area (Å²) in [5.74, 6) is -1.72. The number of carbonyl (C=O) groups excluding carboxylic acids is 3. The van der Waals surface area contributed by atoms with Gasteiger partial charge in [0, 0.05) is 12.1 Å². The van der Waals surface area contributed by atoms with Gasteiger partial charge in [0.1, 0.15) is 0 Å². The first kappa shape index (κ1) is 20.9. The van der Waals surface area contributed by atoms with Crippen molar-refractivity contribution in [3.63, 3.8) is 0 Å². The molecule has 0 aliphatic carbocycles. The highest BCUT2D eigenvalue weighted by molar-refractivity contribution is 7.18. The smallest absolute Gasteiger partial charge is 0.416 e. The van der Waals surface area contributed by atoms with Crippen molar-refractivity contribution in [3.05, 3.63) is 51.2 Å². The van der Waals surface area contributed by atoms with E-state index in [1.807, 2.05) is 0 Å². The predicted molar refractivity (Wildman–Crippen MR) is 93.9 cm³/mol. The van der Waals surface area contributed by atoms with Crippen LogP contribution in [-0.4, -0.2) is 24.3 Å². The van der Waals surface area contributed by atoms with Gasteiger partial charge in [-0.25, -0.2) is 0 Å². The SMILES string of the molecule is O=C(COC(=O)CCC(=O)c1ccc(Cl)s1)Nc1ccc(C(F)(F)F)cc1. The predicted octanol–water partition coefficient (Wildman–Crippen LogP) is 4.57. The van der Waals surface area contributed by atoms with Crippen LogP contribution >= 0.6 is 22.9 Å². The largest absolute Gasteiger partial charge is 0.456 e. The van der Waals surface area contributed by atoms with Gasteiger partial charge in [-0.3, -0.25) is 14.4 Å². The monoisotopic (exact) mass is 419 g/mol. The zero-order valence-electron chi connectivity index (χ0n) is 13.6. The molecule has 2 aromatic rings. The number of rotatable bonds is 7. The summed E-state index contributed by atoms with van der Waals surface area (Å²) in [6, 6.07) is 6.95. The Balaban J connectivity index is 1.73. The van der Waals surface area contributed by atoms with Gasteiger partial charge in [0.25, 0.3) is 5.91 Å². The summed E-state index contributed by atoms with van der Waals surface area (Å²) in [6.45, 7) is -0.612. The second-order valence-electron chi connectivity index (χ2n) is 5.31. The van der Waals surface area contributed by atoms with Gasteiger partial charge in [-0.05, 0) is 36.4 Å². The number of benzene rings is 1. The molecule has 5 nitrogen and oxygen atoms in total. The van der Waals surface area contributed by atoms with Crippen molar-refractivity contribution < 1.29 is 32.3 Å². The van der Waals surface area contributed by atoms with Crippen LogP contribution in [0.4, 0.5) is 18.9 Å². The summed E-state index contributed by atoms with van der Waals surface area (Å²) in [5.41, 5.74) is -0.711. The summed E-state index contributed by atoms with van der Waals surface area (Å²) >= 11 is 6.82. The molecule has 1 N–H and O–H groups in total. The Morgan fingerprint density at radius 1 is 1.04 bits per heavy atom. The van der Waals surface area contributed by atoms with E-state index in [4.69, 9.17) is 16.3 Å². The van der Waals surface area contributed by atoms with E-state index >= 15 is 0 Å². The number of amides is 1. The standard InChI is InChI=1S/C17H13ClF3NO4S/c18-14-7-6-13(27-14)12(23)5-8-16(25)26-9-15(24)22-11-3-1-10(2-4-11)17(19,20)21/h1-4,6-7H,5,8-9H2,(H,22,24). The molecule has 1 aromatic heterocycles. The first-order valence-electron chi connectivity index (χ1n) is 7.56. The lowest BCUT2D eigenvalue weighted by atomic mass is 10.2. The van der Waals surface area contributed by atoms with E-state index in [-0.39, 0.29) is 24.3 Å². The fraction of sp³-hybridized carbons (Fsp3) is 0.235. The van der Waals surface area contributed by atoms with Crippen molar-refractivity contribution in [2.24, 2.45) is 0 Å². The quantitative estimate of drug-likeness (QED) is 0.527. The Morgan fingerprint density at radius 3 is 2.26 bits per heavy atom. The molecular weight excluding hydrogens is 407 g/mol. The second kappa shape index (κ2) is 9.01. The number of esters is 1. The van der Waals surface area contributed by atoms with E-state index in [9.17, 15) is 27.6 Å². The first-order chi connectivity index (χ1) is 12.6. The lowest BCUT2D eigenvalue weighted by molar-refractivity contribution is -0.147. The van der Waals surface area contributed by atoms with E-state index < -0.39 is 30.2 Å². The minimum Gasteiger partial charge on any atom is -0.456 e. The van der Waals surface area contributed by atoms with Crippen molar-refractivity contribution >= 4 is 46.3 Å². The van der Waals surface area contributed by atoms with Crippen LogP contribution in [0.1, 0.15) is 28.1 Å². The Morgan fingerprint density at radius 2 is 1.70 bits per heavy atom. The van der Waals surface area contributed by atoms with E-state index in [1.165, 1.54) is 0 Å². The zero-order chi connectivity index (χ0) is 20.0. The maximum absolute atomic E-state index is 12.5. The molecule has 1 amide bonds. The molecule has 0 atom stereocenters. The number of carbonyl (C=O) groups is 3. The number of halogens is 4. The van der Waals surface area contributed by atoms with Crippen LogP contribution in [0.3, 0.4) is 0 Å². The molecule has 1 aromatic carbocycles. The average molecular weight is 420 g/mol. The minimum absolute atomic E-state index is 0.0871. The highest BCUT2D eigenvalue weighted by Crippen LogP contribution is 2.29. The molecule has 0 unspecified atom stereocenters. The van der Waals surface area contributed by atoms with Crippen LogP contribution in [0, 0.1) is 0 Å². The Bertz CT molecular complexity index is 833. The Hall–Kier alpha value is -2.39. The molecule has 0 saturated carbocycles. The Labute approximate surface area is 161 Å². The maximum Gasteiger partial charge on any atom is 0.416 e. The molecule has 0 spiro atoms. The van der Waals surface area contributed by atoms with E-state index in [0.717, 1.165) is 35.6 Å². The molecule has 144 valence electrons. The normalized spacial score (nSPS) is 11.1. The van der Waals surface area contributed by atoms with Crippen LogP contribution < -0.4 is 5.32 Å². The van der Waals surface area contributed by atoms with Crippen LogP contribution in [0.2, 0.25) is 4.34 Å². The number of hydrogen-bond donors (Lipinski definition) is 1. The first-order valence-corrected chi connectivity index (χ1v) is 8.76. The van der Waals surface area contributed by atoms with Crippen LogP contribution in [0.5, 0.6) is 0 Å². The van der Waals surface area contributed by atoms with E-state index in [0.29, 0.717) is 9.21 Å². The number of Topliss-reactive ketones (excluding diaryl/α,β-unsaturated/α-hetero) is 1. The topological polar surface area (TPSA) is 72.5 Å². The van der Waals surface area contributed by atoms with Crippen molar-refractivity contribution in [1.29, 1.82) is 0 Å². The van der Waals surface area contributed by atoms with Crippen molar-refractivity contribution in [2.75, 3.05) is 11.9 Å². The number of nitrogens with one attached hydrogen (secondary N) is 1. The number of ketones is 1. The van der Waals surface area contributed by atoms with Gasteiger partial charge in [0.15, 0.2) is 12.4 Å². The summed E-state index contributed by atoms with van der Waals surface area (Å²) in [7, 11) is 0. The lowest BCUT2D eigenvalue weighted by Crippen LogP contribution is -2.21. The van der Waals surface area contributed by atoms with Gasteiger partial charge >= 0.3 is 12.1 Å². The summed E-state index contributed by atoms with van der Waals surface area (Å²) in [4.78, 5) is 35.5. The zero-order valence-corrected chi connectivity index (χ0v) is 15.2. The van der Waals surface area contributed by atoms with Crippen molar-refractivity contribution in [3.8, 4) is 0 Å². The van der Waals surface area contributed by atoms with E-state index in [2.05, 4.69) is 5.32 Å². The molecule has 0 aliphatic rings. The van der Waals surface area contributed by atoms with Gasteiger partial charge in [0.05, 0.1) is 21.2 Å². The number of hydrogen-bond acceptors (Lipinski definition) is 5. The summed E-state index contributed by atoms with van der Waals surface area (Å²) in [6.07, 6.45) is -4.76. The van der Waals surface area contributed by atoms with Crippen LogP contribution in [-0.2, 0) is 20.5 Å². The summed E-state index contributed by atoms with van der Waals surface area (Å²) in [5, 5.41) is 2.31. The van der Waals surface area contributed by atoms with Gasteiger partial charge in [-0.2, -0.15) is 13.2 Å². The van der Waals surface area contributed by atoms with Gasteiger partial charge < -0.3 is 10.1 Å². The van der Waals surface area contributed by atoms with Gasteiger partial charge in [0.2, 0.25) is 0 Å². The third-order valence-electron chi connectivity index (χ3n) is 3.26. The fourth-order valence-corrected chi connectivity index (χ4v) is 2.97. The number of ether oxygens (including phenoxy) is 1. The number of alkyl halides is 3. The summed E-state index contributed by atoms with van der Waals surface area (Å²) < 4.78 is 42.6. The molecule has 0 radical (unpaired) electrons. The third kappa shape index (κ3) is 6.69. The van der Waals surface area contributed by atoms with Crippen LogP contribution in [0.15, 0.2) is 36.4 Å². The van der Waals surface area contributed by atoms with Gasteiger partial charge in [-0.15, -0.1) is 11.3 Å². The minimum atomic E-state index is -4.47. The molecule has 0 aliphatic heterocycles. The second-order valence-corrected chi connectivity index (χ2v) is 7.03. The highest BCUT2D eigenvalue weighted by atomic mass is 35.5. The average Bonchev–Trinajstić information content (AvgIpc) is 3.04. The molecular formula is C17H13ClF3NO4S. The molecule has 10 heteroatoms. The fourth-order valence-electron chi connectivity index (χ4n) is 1.96. The number of anilines is 1. The molecule has 0 bridgehead atoms. The Kier molecular flexibility index (Phi) is 6.98. The molecule has 0 fully saturated rings. The molecule has 1 heterocycles. The maximum atomic E-state index is 12.5. The van der Waals surface area contributed by atoms with Crippen molar-refractivity contribution in [1.82, 2.24) is 0 Å². The van der Waals surface area contributed by atoms with E-state index in [1.54, 1.807) is 12.1 Å². The van der Waals surface area contributed by atoms with Gasteiger partial charge in [-0.1, -0.05) is 11.6 Å². The lowest BCUT2D eigenvalue weighted by Gasteiger charge is -2.09. The highest BCUT2D eigenvalue weighted by Gasteiger charge is 2.30. The van der Waals surface area contributed by atoms with Crippen molar-refractivity contribution in [2.45, 2.75) is 19.0 Å². The van der Waals surface area contributed by atoms with Crippen LogP contribution in [0.25, 0.3) is 0 Å². The molecule has 27 heavy (non-hydrogen) atoms. The third-order valence-corrected chi connectivity index (χ3v) is 4.54. The number of thiophene rings is 1.